The van der Waals surface area contributed by atoms with Crippen LogP contribution in [0.4, 0.5) is 11.4 Å². The van der Waals surface area contributed by atoms with Gasteiger partial charge in [0.25, 0.3) is 5.91 Å². The summed E-state index contributed by atoms with van der Waals surface area (Å²) in [4.78, 5) is 28.4. The van der Waals surface area contributed by atoms with E-state index >= 15 is 0 Å². The summed E-state index contributed by atoms with van der Waals surface area (Å²) in [6, 6.07) is 9.47. The molecule has 1 aliphatic rings. The maximum Gasteiger partial charge on any atom is 0.253 e. The molecule has 0 atom stereocenters. The van der Waals surface area contributed by atoms with E-state index in [2.05, 4.69) is 15.5 Å². The molecule has 0 bridgehead atoms. The minimum atomic E-state index is -0.146. The quantitative estimate of drug-likeness (QED) is 0.666. The van der Waals surface area contributed by atoms with Gasteiger partial charge in [-0.3, -0.25) is 9.59 Å². The monoisotopic (exact) mass is 401 g/mol. The Balaban J connectivity index is 1.76. The van der Waals surface area contributed by atoms with Crippen LogP contribution in [-0.4, -0.2) is 45.2 Å². The summed E-state index contributed by atoms with van der Waals surface area (Å²) in [5.41, 5.74) is 2.15. The van der Waals surface area contributed by atoms with E-state index in [0.29, 0.717) is 30.8 Å². The Morgan fingerprint density at radius 1 is 1.18 bits per heavy atom. The zero-order valence-electron chi connectivity index (χ0n) is 16.2. The predicted molar refractivity (Wildman–Crippen MR) is 113 cm³/mol. The fraction of sp³-hybridized carbons (Fsp3) is 0.429. The van der Waals surface area contributed by atoms with Gasteiger partial charge in [0.15, 0.2) is 0 Å². The Morgan fingerprint density at radius 3 is 2.71 bits per heavy atom. The fourth-order valence-corrected chi connectivity index (χ4v) is 4.05. The number of rotatable bonds is 8. The Kier molecular flexibility index (Phi) is 7.45. The van der Waals surface area contributed by atoms with Crippen LogP contribution in [0.25, 0.3) is 0 Å². The molecule has 0 saturated carbocycles. The normalized spacial score (nSPS) is 14.0. The van der Waals surface area contributed by atoms with Crippen molar-refractivity contribution in [2.45, 2.75) is 25.7 Å². The molecule has 3 rings (SSSR count). The van der Waals surface area contributed by atoms with Crippen LogP contribution in [-0.2, 0) is 16.0 Å². The first-order valence-corrected chi connectivity index (χ1v) is 10.5. The second-order valence-corrected chi connectivity index (χ2v) is 7.86. The van der Waals surface area contributed by atoms with Crippen LogP contribution in [0, 0.1) is 0 Å². The topological polar surface area (TPSA) is 70.7 Å². The number of benzene rings is 1. The molecule has 28 heavy (non-hydrogen) atoms. The predicted octanol–water partition coefficient (Wildman–Crippen LogP) is 3.30. The van der Waals surface area contributed by atoms with Gasteiger partial charge in [-0.25, -0.2) is 0 Å². The molecular formula is C21H27N3O3S. The number of amides is 2. The van der Waals surface area contributed by atoms with Gasteiger partial charge in [0.2, 0.25) is 5.91 Å². The van der Waals surface area contributed by atoms with Gasteiger partial charge in [-0.1, -0.05) is 6.07 Å². The molecule has 1 aliphatic heterocycles. The molecule has 2 amide bonds. The second-order valence-electron chi connectivity index (χ2n) is 6.83. The zero-order chi connectivity index (χ0) is 19.8. The third-order valence-corrected chi connectivity index (χ3v) is 5.60. The van der Waals surface area contributed by atoms with E-state index in [0.717, 1.165) is 36.5 Å². The maximum atomic E-state index is 12.8. The summed E-state index contributed by atoms with van der Waals surface area (Å²) in [5, 5.41) is 7.77. The molecule has 0 radical (unpaired) electrons. The fourth-order valence-electron chi connectivity index (χ4n) is 3.34. The van der Waals surface area contributed by atoms with Gasteiger partial charge >= 0.3 is 0 Å². The highest BCUT2D eigenvalue weighted by atomic mass is 32.1. The molecule has 2 aromatic rings. The summed E-state index contributed by atoms with van der Waals surface area (Å²) < 4.78 is 5.02. The van der Waals surface area contributed by atoms with Crippen molar-refractivity contribution < 1.29 is 14.3 Å². The first-order chi connectivity index (χ1) is 13.7. The SMILES string of the molecule is COCCNC(=O)c1cc(NC(=O)Cc2cccs2)ccc1N1CCCCC1. The van der Waals surface area contributed by atoms with E-state index in [1.165, 1.54) is 6.42 Å². The van der Waals surface area contributed by atoms with Crippen LogP contribution >= 0.6 is 11.3 Å². The number of piperidine rings is 1. The van der Waals surface area contributed by atoms with Crippen molar-refractivity contribution in [3.8, 4) is 0 Å². The number of hydrogen-bond acceptors (Lipinski definition) is 5. The lowest BCUT2D eigenvalue weighted by atomic mass is 10.1. The summed E-state index contributed by atoms with van der Waals surface area (Å²) in [6.07, 6.45) is 3.82. The molecule has 2 heterocycles. The first kappa shape index (κ1) is 20.4. The van der Waals surface area contributed by atoms with E-state index in [4.69, 9.17) is 4.74 Å². The van der Waals surface area contributed by atoms with Crippen LogP contribution in [0.5, 0.6) is 0 Å². The number of methoxy groups -OCH3 is 1. The average Bonchev–Trinajstić information content (AvgIpc) is 3.21. The lowest BCUT2D eigenvalue weighted by molar-refractivity contribution is -0.115. The molecule has 150 valence electrons. The minimum Gasteiger partial charge on any atom is -0.383 e. The highest BCUT2D eigenvalue weighted by Gasteiger charge is 2.19. The van der Waals surface area contributed by atoms with Crippen molar-refractivity contribution in [3.05, 3.63) is 46.2 Å². The molecule has 1 fully saturated rings. The third-order valence-electron chi connectivity index (χ3n) is 4.73. The molecule has 6 nitrogen and oxygen atoms in total. The summed E-state index contributed by atoms with van der Waals surface area (Å²) in [6.45, 7) is 2.80. The molecule has 0 spiro atoms. The summed E-state index contributed by atoms with van der Waals surface area (Å²) in [5.74, 6) is -0.231. The molecule has 1 saturated heterocycles. The number of hydrogen-bond donors (Lipinski definition) is 2. The molecule has 1 aromatic heterocycles. The van der Waals surface area contributed by atoms with Gasteiger partial charge in [-0.05, 0) is 48.9 Å². The Bertz CT molecular complexity index is 786. The smallest absolute Gasteiger partial charge is 0.253 e. The number of anilines is 2. The number of thiophene rings is 1. The number of nitrogens with zero attached hydrogens (tertiary/aromatic N) is 1. The minimum absolute atomic E-state index is 0.0843. The van der Waals surface area contributed by atoms with Crippen LogP contribution in [0.3, 0.4) is 0 Å². The van der Waals surface area contributed by atoms with Crippen molar-refractivity contribution in [1.29, 1.82) is 0 Å². The van der Waals surface area contributed by atoms with Crippen LogP contribution < -0.4 is 15.5 Å². The van der Waals surface area contributed by atoms with E-state index < -0.39 is 0 Å². The second kappa shape index (κ2) is 10.2. The van der Waals surface area contributed by atoms with Gasteiger partial charge in [-0.2, -0.15) is 0 Å². The Morgan fingerprint density at radius 2 is 2.00 bits per heavy atom. The first-order valence-electron chi connectivity index (χ1n) is 9.66. The number of ether oxygens (including phenoxy) is 1. The highest BCUT2D eigenvalue weighted by molar-refractivity contribution is 7.10. The molecule has 0 unspecified atom stereocenters. The van der Waals surface area contributed by atoms with Crippen molar-refractivity contribution in [3.63, 3.8) is 0 Å². The molecule has 7 heteroatoms. The van der Waals surface area contributed by atoms with Gasteiger partial charge < -0.3 is 20.3 Å². The Hall–Kier alpha value is -2.38. The van der Waals surface area contributed by atoms with Crippen LogP contribution in [0.15, 0.2) is 35.7 Å². The number of carbonyl (C=O) groups is 2. The maximum absolute atomic E-state index is 12.8. The van der Waals surface area contributed by atoms with Gasteiger partial charge in [0.1, 0.15) is 0 Å². The van der Waals surface area contributed by atoms with Crippen molar-refractivity contribution in [2.24, 2.45) is 0 Å². The largest absolute Gasteiger partial charge is 0.383 e. The van der Waals surface area contributed by atoms with Crippen LogP contribution in [0.1, 0.15) is 34.5 Å². The van der Waals surface area contributed by atoms with E-state index in [1.807, 2.05) is 29.6 Å². The summed E-state index contributed by atoms with van der Waals surface area (Å²) >= 11 is 1.56. The average molecular weight is 402 g/mol. The highest BCUT2D eigenvalue weighted by Crippen LogP contribution is 2.27. The van der Waals surface area contributed by atoms with Gasteiger partial charge in [0.05, 0.1) is 18.6 Å². The van der Waals surface area contributed by atoms with Gasteiger partial charge in [-0.15, -0.1) is 11.3 Å². The van der Waals surface area contributed by atoms with Crippen molar-refractivity contribution in [1.82, 2.24) is 5.32 Å². The molecule has 2 N–H and O–H groups in total. The van der Waals surface area contributed by atoms with Crippen LogP contribution in [0.2, 0.25) is 0 Å². The van der Waals surface area contributed by atoms with Gasteiger partial charge in [0, 0.05) is 43.0 Å². The van der Waals surface area contributed by atoms with Crippen molar-refractivity contribution in [2.75, 3.05) is 43.6 Å². The van der Waals surface area contributed by atoms with Crippen molar-refractivity contribution >= 4 is 34.5 Å². The molecule has 1 aromatic carbocycles. The van der Waals surface area contributed by atoms with E-state index in [9.17, 15) is 9.59 Å². The molecule has 0 aliphatic carbocycles. The standard InChI is InChI=1S/C21H27N3O3S/c1-27-12-9-22-21(26)18-14-16(23-20(25)15-17-6-5-13-28-17)7-8-19(18)24-10-3-2-4-11-24/h5-8,13-14H,2-4,9-12,15H2,1H3,(H,22,26)(H,23,25). The lowest BCUT2D eigenvalue weighted by Crippen LogP contribution is -2.33. The number of nitrogens with one attached hydrogen (secondary N) is 2. The third kappa shape index (κ3) is 5.56. The summed E-state index contributed by atoms with van der Waals surface area (Å²) in [7, 11) is 1.61. The van der Waals surface area contributed by atoms with E-state index in [1.54, 1.807) is 24.5 Å². The zero-order valence-corrected chi connectivity index (χ0v) is 17.0. The van der Waals surface area contributed by atoms with E-state index in [-0.39, 0.29) is 11.8 Å². The Labute approximate surface area is 169 Å². The number of carbonyl (C=O) groups excluding carboxylic acids is 2. The lowest BCUT2D eigenvalue weighted by Gasteiger charge is -2.30. The molecular weight excluding hydrogens is 374 g/mol.